The van der Waals surface area contributed by atoms with Crippen LogP contribution in [0.4, 0.5) is 0 Å². The lowest BCUT2D eigenvalue weighted by Gasteiger charge is -2.43. The zero-order valence-corrected chi connectivity index (χ0v) is 28.6. The number of benzene rings is 4. The standard InChI is InChI=1S/C41H44N4O5/c1-27-38(24-45-19-7-12-34(45)26-48-2)49-41(50-39(27)30-17-15-28(25-46)16-18-30)33-11-6-10-32(21-33)31-9-5-8-29(20-31)22-43-40(47)37-23-42-35-13-3-4-14-36(35)44-37/h3-6,8-11,13-18,20-21,23,27,34,38-39,41,46H,7,12,19,22,24-26H2,1-2H3,(H,43,47)/t27-,34-,38+,39+,41+/m0/s1. The van der Waals surface area contributed by atoms with Crippen molar-refractivity contribution in [2.45, 2.75) is 57.5 Å². The summed E-state index contributed by atoms with van der Waals surface area (Å²) in [5.41, 5.74) is 7.64. The SMILES string of the molecule is COC[C@@H]1CCCN1C[C@H]1O[C@@H](c2cccc(-c3cccc(CNC(=O)c4cnc5ccccc5n4)c3)c2)O[C@@H](c2ccc(CO)cc2)[C@H]1C. The fraction of sp³-hybridized carbons (Fsp3) is 0.341. The second-order valence-electron chi connectivity index (χ2n) is 13.3. The Bertz CT molecular complexity index is 1920. The molecule has 2 aliphatic rings. The van der Waals surface area contributed by atoms with Crippen LogP contribution in [0, 0.1) is 5.92 Å². The van der Waals surface area contributed by atoms with Crippen molar-refractivity contribution >= 4 is 16.9 Å². The number of methoxy groups -OCH3 is 1. The molecule has 50 heavy (non-hydrogen) atoms. The molecule has 1 amide bonds. The summed E-state index contributed by atoms with van der Waals surface area (Å²) in [5, 5.41) is 12.6. The molecule has 258 valence electrons. The number of fused-ring (bicyclic) bond motifs is 1. The fourth-order valence-corrected chi connectivity index (χ4v) is 7.14. The minimum absolute atomic E-state index is 0.00503. The summed E-state index contributed by atoms with van der Waals surface area (Å²) in [6.07, 6.45) is 2.99. The molecule has 0 saturated carbocycles. The number of ether oxygens (including phenoxy) is 3. The van der Waals surface area contributed by atoms with Crippen LogP contribution < -0.4 is 5.32 Å². The number of hydrogen-bond acceptors (Lipinski definition) is 8. The molecule has 0 radical (unpaired) electrons. The van der Waals surface area contributed by atoms with E-state index in [1.54, 1.807) is 7.11 Å². The third-order valence-electron chi connectivity index (χ3n) is 9.95. The predicted octanol–water partition coefficient (Wildman–Crippen LogP) is 6.62. The number of aliphatic hydroxyl groups is 1. The van der Waals surface area contributed by atoms with E-state index in [1.807, 2.05) is 54.6 Å². The monoisotopic (exact) mass is 672 g/mol. The molecule has 9 nitrogen and oxygen atoms in total. The Labute approximate surface area is 293 Å². The van der Waals surface area contributed by atoms with Crippen LogP contribution in [0.15, 0.2) is 103 Å². The molecule has 3 heterocycles. The summed E-state index contributed by atoms with van der Waals surface area (Å²) in [6, 6.07) is 32.4. The average Bonchev–Trinajstić information content (AvgIpc) is 3.61. The number of nitrogens with zero attached hydrogens (tertiary/aromatic N) is 3. The minimum Gasteiger partial charge on any atom is -0.392 e. The molecule has 2 N–H and O–H groups in total. The number of likely N-dealkylation sites (tertiary alicyclic amines) is 1. The smallest absolute Gasteiger partial charge is 0.271 e. The van der Waals surface area contributed by atoms with Gasteiger partial charge in [0.15, 0.2) is 6.29 Å². The van der Waals surface area contributed by atoms with Crippen LogP contribution in [0.1, 0.15) is 64.9 Å². The van der Waals surface area contributed by atoms with Crippen molar-refractivity contribution in [1.82, 2.24) is 20.2 Å². The molecule has 0 unspecified atom stereocenters. The van der Waals surface area contributed by atoms with Gasteiger partial charge >= 0.3 is 0 Å². The van der Waals surface area contributed by atoms with E-state index in [4.69, 9.17) is 14.2 Å². The number of nitrogens with one attached hydrogen (secondary N) is 1. The second kappa shape index (κ2) is 15.6. The second-order valence-corrected chi connectivity index (χ2v) is 13.3. The van der Waals surface area contributed by atoms with Gasteiger partial charge in [-0.1, -0.05) is 79.7 Å². The van der Waals surface area contributed by atoms with Gasteiger partial charge in [-0.25, -0.2) is 4.98 Å². The first-order valence-electron chi connectivity index (χ1n) is 17.4. The molecule has 5 atom stereocenters. The summed E-state index contributed by atoms with van der Waals surface area (Å²) in [4.78, 5) is 24.3. The molecule has 0 spiro atoms. The first-order valence-corrected chi connectivity index (χ1v) is 17.4. The van der Waals surface area contributed by atoms with Crippen molar-refractivity contribution in [3.05, 3.63) is 131 Å². The van der Waals surface area contributed by atoms with Crippen molar-refractivity contribution in [3.63, 3.8) is 0 Å². The Balaban J connectivity index is 1.09. The molecule has 2 fully saturated rings. The van der Waals surface area contributed by atoms with E-state index in [0.717, 1.165) is 71.4 Å². The van der Waals surface area contributed by atoms with Crippen LogP contribution in [0.3, 0.4) is 0 Å². The Morgan fingerprint density at radius 1 is 0.920 bits per heavy atom. The van der Waals surface area contributed by atoms with E-state index in [9.17, 15) is 9.90 Å². The molecule has 0 bridgehead atoms. The molecule has 9 heteroatoms. The molecule has 4 aromatic carbocycles. The van der Waals surface area contributed by atoms with E-state index in [0.29, 0.717) is 18.1 Å². The van der Waals surface area contributed by atoms with Gasteiger partial charge in [0.05, 0.1) is 42.7 Å². The normalized spacial score (nSPS) is 22.5. The molecule has 0 aliphatic carbocycles. The lowest BCUT2D eigenvalue weighted by molar-refractivity contribution is -0.276. The van der Waals surface area contributed by atoms with Crippen molar-refractivity contribution in [1.29, 1.82) is 0 Å². The number of para-hydroxylation sites is 2. The number of rotatable bonds is 11. The van der Waals surface area contributed by atoms with E-state index >= 15 is 0 Å². The summed E-state index contributed by atoms with van der Waals surface area (Å²) in [5.74, 6) is -0.167. The third kappa shape index (κ3) is 7.62. The highest BCUT2D eigenvalue weighted by molar-refractivity contribution is 5.93. The van der Waals surface area contributed by atoms with Crippen molar-refractivity contribution < 1.29 is 24.1 Å². The summed E-state index contributed by atoms with van der Waals surface area (Å²) >= 11 is 0. The van der Waals surface area contributed by atoms with Crippen molar-refractivity contribution in [3.8, 4) is 11.1 Å². The van der Waals surface area contributed by atoms with Crippen LogP contribution in [0.25, 0.3) is 22.2 Å². The Kier molecular flexibility index (Phi) is 10.6. The van der Waals surface area contributed by atoms with Gasteiger partial charge in [0.25, 0.3) is 5.91 Å². The maximum absolute atomic E-state index is 12.9. The molecular weight excluding hydrogens is 628 g/mol. The van der Waals surface area contributed by atoms with Crippen LogP contribution in [0.2, 0.25) is 0 Å². The van der Waals surface area contributed by atoms with E-state index < -0.39 is 6.29 Å². The number of carbonyl (C=O) groups is 1. The largest absolute Gasteiger partial charge is 0.392 e. The zero-order valence-electron chi connectivity index (χ0n) is 28.6. The molecule has 1 aromatic heterocycles. The van der Waals surface area contributed by atoms with Gasteiger partial charge in [0.2, 0.25) is 0 Å². The zero-order chi connectivity index (χ0) is 34.5. The predicted molar refractivity (Wildman–Crippen MR) is 192 cm³/mol. The summed E-state index contributed by atoms with van der Waals surface area (Å²) in [7, 11) is 1.77. The van der Waals surface area contributed by atoms with E-state index in [2.05, 4.69) is 69.6 Å². The van der Waals surface area contributed by atoms with Crippen LogP contribution in [0.5, 0.6) is 0 Å². The van der Waals surface area contributed by atoms with Crippen LogP contribution >= 0.6 is 0 Å². The van der Waals surface area contributed by atoms with E-state index in [-0.39, 0.29) is 36.3 Å². The fourth-order valence-electron chi connectivity index (χ4n) is 7.14. The highest BCUT2D eigenvalue weighted by Gasteiger charge is 2.40. The van der Waals surface area contributed by atoms with Gasteiger partial charge in [-0.2, -0.15) is 0 Å². The van der Waals surface area contributed by atoms with Crippen LogP contribution in [-0.2, 0) is 27.4 Å². The van der Waals surface area contributed by atoms with Gasteiger partial charge in [-0.05, 0) is 71.5 Å². The molecule has 2 saturated heterocycles. The molecular formula is C41H44N4O5. The number of hydrogen-bond donors (Lipinski definition) is 2. The number of amides is 1. The maximum atomic E-state index is 12.9. The number of aromatic nitrogens is 2. The van der Waals surface area contributed by atoms with Crippen molar-refractivity contribution in [2.75, 3.05) is 26.8 Å². The Morgan fingerprint density at radius 2 is 1.70 bits per heavy atom. The highest BCUT2D eigenvalue weighted by atomic mass is 16.7. The number of aliphatic hydroxyl groups excluding tert-OH is 1. The lowest BCUT2D eigenvalue weighted by Crippen LogP contribution is -2.46. The summed E-state index contributed by atoms with van der Waals surface area (Å²) < 4.78 is 19.1. The Morgan fingerprint density at radius 3 is 2.50 bits per heavy atom. The highest BCUT2D eigenvalue weighted by Crippen LogP contribution is 2.43. The number of carbonyl (C=O) groups excluding carboxylic acids is 1. The van der Waals surface area contributed by atoms with Gasteiger partial charge < -0.3 is 24.6 Å². The minimum atomic E-state index is -0.562. The quantitative estimate of drug-likeness (QED) is 0.161. The van der Waals surface area contributed by atoms with Gasteiger partial charge in [-0.3, -0.25) is 14.7 Å². The molecule has 7 rings (SSSR count). The third-order valence-corrected chi connectivity index (χ3v) is 9.95. The first kappa shape index (κ1) is 34.0. The first-order chi connectivity index (χ1) is 24.5. The van der Waals surface area contributed by atoms with Crippen molar-refractivity contribution in [2.24, 2.45) is 5.92 Å². The maximum Gasteiger partial charge on any atom is 0.271 e. The summed E-state index contributed by atoms with van der Waals surface area (Å²) in [6.45, 7) is 5.12. The molecule has 2 aliphatic heterocycles. The topological polar surface area (TPSA) is 106 Å². The van der Waals surface area contributed by atoms with Gasteiger partial charge in [0.1, 0.15) is 5.69 Å². The average molecular weight is 673 g/mol. The van der Waals surface area contributed by atoms with E-state index in [1.165, 1.54) is 6.20 Å². The Hall–Kier alpha value is -4.51. The van der Waals surface area contributed by atoms with Crippen LogP contribution in [-0.4, -0.2) is 64.8 Å². The molecule has 5 aromatic rings. The van der Waals surface area contributed by atoms with Gasteiger partial charge in [0, 0.05) is 37.7 Å². The van der Waals surface area contributed by atoms with Gasteiger partial charge in [-0.15, -0.1) is 0 Å². The lowest BCUT2D eigenvalue weighted by atomic mass is 9.89.